The number of nitrogens with one attached hydrogen (secondary N) is 1. The molecule has 1 aliphatic carbocycles. The Hall–Kier alpha value is -2.61. The van der Waals surface area contributed by atoms with Crippen molar-refractivity contribution in [2.24, 2.45) is 7.05 Å². The van der Waals surface area contributed by atoms with Crippen molar-refractivity contribution >= 4 is 17.7 Å². The Morgan fingerprint density at radius 1 is 1.27 bits per heavy atom. The molecule has 0 spiro atoms. The summed E-state index contributed by atoms with van der Waals surface area (Å²) >= 11 is 1.39. The van der Waals surface area contributed by atoms with E-state index < -0.39 is 0 Å². The van der Waals surface area contributed by atoms with Crippen LogP contribution in [0, 0.1) is 0 Å². The highest BCUT2D eigenvalue weighted by Crippen LogP contribution is 2.32. The lowest BCUT2D eigenvalue weighted by molar-refractivity contribution is -0.119. The van der Waals surface area contributed by atoms with Gasteiger partial charge in [0.05, 0.1) is 23.7 Å². The summed E-state index contributed by atoms with van der Waals surface area (Å²) in [6, 6.07) is 8.62. The Labute approximate surface area is 181 Å². The summed E-state index contributed by atoms with van der Waals surface area (Å²) in [5.41, 5.74) is 4.81. The standard InChI is InChI=1S/C22H28N6OS/c1-22(2,3)15-8-10-16(11-9-15)28-19-7-5-6-18(17(19)12-24-28)25-20(29)13-30-21-26-23-14-27(21)4/h8-12,14,18H,5-7,13H2,1-4H3,(H,25,29)/t18-/m1/s1. The fourth-order valence-corrected chi connectivity index (χ4v) is 4.50. The van der Waals surface area contributed by atoms with Gasteiger partial charge in [-0.1, -0.05) is 44.7 Å². The summed E-state index contributed by atoms with van der Waals surface area (Å²) in [7, 11) is 1.87. The number of rotatable bonds is 5. The number of fused-ring (bicyclic) bond motifs is 1. The maximum atomic E-state index is 12.5. The lowest BCUT2D eigenvalue weighted by Gasteiger charge is -2.24. The Balaban J connectivity index is 1.47. The van der Waals surface area contributed by atoms with E-state index >= 15 is 0 Å². The fraction of sp³-hybridized carbons (Fsp3) is 0.455. The van der Waals surface area contributed by atoms with Crippen molar-refractivity contribution in [3.63, 3.8) is 0 Å². The van der Waals surface area contributed by atoms with Crippen LogP contribution in [0.2, 0.25) is 0 Å². The summed E-state index contributed by atoms with van der Waals surface area (Å²) in [6.07, 6.45) is 6.47. The average Bonchev–Trinajstić information content (AvgIpc) is 3.32. The van der Waals surface area contributed by atoms with Crippen LogP contribution in [0.4, 0.5) is 0 Å². The van der Waals surface area contributed by atoms with Crippen LogP contribution >= 0.6 is 11.8 Å². The smallest absolute Gasteiger partial charge is 0.230 e. The zero-order valence-electron chi connectivity index (χ0n) is 17.9. The largest absolute Gasteiger partial charge is 0.348 e. The third-order valence-electron chi connectivity index (χ3n) is 5.50. The lowest BCUT2D eigenvalue weighted by atomic mass is 9.87. The van der Waals surface area contributed by atoms with E-state index in [0.29, 0.717) is 5.75 Å². The molecule has 1 N–H and O–H groups in total. The molecule has 2 heterocycles. The highest BCUT2D eigenvalue weighted by Gasteiger charge is 2.26. The minimum atomic E-state index is 0.00290. The number of benzene rings is 1. The minimum Gasteiger partial charge on any atom is -0.348 e. The van der Waals surface area contributed by atoms with E-state index in [0.717, 1.165) is 35.7 Å². The van der Waals surface area contributed by atoms with Crippen LogP contribution in [0.3, 0.4) is 0 Å². The molecular formula is C22H28N6OS. The van der Waals surface area contributed by atoms with Gasteiger partial charge in [0.1, 0.15) is 6.33 Å². The maximum absolute atomic E-state index is 12.5. The maximum Gasteiger partial charge on any atom is 0.230 e. The van der Waals surface area contributed by atoms with Crippen molar-refractivity contribution in [3.8, 4) is 5.69 Å². The normalized spacial score (nSPS) is 16.3. The fourth-order valence-electron chi connectivity index (χ4n) is 3.80. The average molecular weight is 425 g/mol. The van der Waals surface area contributed by atoms with E-state index in [2.05, 4.69) is 65.6 Å². The van der Waals surface area contributed by atoms with Crippen molar-refractivity contribution in [1.82, 2.24) is 29.9 Å². The Bertz CT molecular complexity index is 1030. The molecule has 0 bridgehead atoms. The summed E-state index contributed by atoms with van der Waals surface area (Å²) in [6.45, 7) is 6.65. The van der Waals surface area contributed by atoms with Gasteiger partial charge in [0.15, 0.2) is 5.16 Å². The summed E-state index contributed by atoms with van der Waals surface area (Å²) in [5, 5.41) is 16.4. The molecule has 30 heavy (non-hydrogen) atoms. The molecule has 1 amide bonds. The van der Waals surface area contributed by atoms with Crippen molar-refractivity contribution in [3.05, 3.63) is 53.6 Å². The van der Waals surface area contributed by atoms with Gasteiger partial charge in [-0.05, 0) is 42.4 Å². The number of carbonyl (C=O) groups excluding carboxylic acids is 1. The molecule has 0 fully saturated rings. The van der Waals surface area contributed by atoms with E-state index in [4.69, 9.17) is 0 Å². The van der Waals surface area contributed by atoms with E-state index in [9.17, 15) is 4.79 Å². The van der Waals surface area contributed by atoms with Gasteiger partial charge in [0.2, 0.25) is 5.91 Å². The van der Waals surface area contributed by atoms with E-state index in [-0.39, 0.29) is 17.4 Å². The topological polar surface area (TPSA) is 77.6 Å². The molecule has 0 unspecified atom stereocenters. The molecule has 0 saturated heterocycles. The lowest BCUT2D eigenvalue weighted by Crippen LogP contribution is -2.32. The van der Waals surface area contributed by atoms with Crippen LogP contribution in [0.25, 0.3) is 5.69 Å². The Morgan fingerprint density at radius 3 is 2.70 bits per heavy atom. The number of amides is 1. The molecule has 4 rings (SSSR count). The zero-order valence-corrected chi connectivity index (χ0v) is 18.7. The highest BCUT2D eigenvalue weighted by atomic mass is 32.2. The van der Waals surface area contributed by atoms with Gasteiger partial charge in [-0.3, -0.25) is 4.79 Å². The van der Waals surface area contributed by atoms with Gasteiger partial charge < -0.3 is 9.88 Å². The van der Waals surface area contributed by atoms with Crippen LogP contribution in [0.5, 0.6) is 0 Å². The van der Waals surface area contributed by atoms with Gasteiger partial charge in [0.25, 0.3) is 0 Å². The van der Waals surface area contributed by atoms with Crippen molar-refractivity contribution < 1.29 is 4.79 Å². The molecule has 2 aromatic heterocycles. The van der Waals surface area contributed by atoms with Gasteiger partial charge in [-0.15, -0.1) is 10.2 Å². The third-order valence-corrected chi connectivity index (χ3v) is 6.53. The van der Waals surface area contributed by atoms with E-state index in [1.165, 1.54) is 23.0 Å². The van der Waals surface area contributed by atoms with Crippen molar-refractivity contribution in [2.45, 2.75) is 56.6 Å². The zero-order chi connectivity index (χ0) is 21.3. The summed E-state index contributed by atoms with van der Waals surface area (Å²) < 4.78 is 3.83. The number of nitrogens with zero attached hydrogens (tertiary/aromatic N) is 5. The van der Waals surface area contributed by atoms with Crippen LogP contribution < -0.4 is 5.32 Å². The first-order chi connectivity index (χ1) is 14.3. The van der Waals surface area contributed by atoms with Crippen LogP contribution in [-0.4, -0.2) is 36.2 Å². The predicted molar refractivity (Wildman–Crippen MR) is 118 cm³/mol. The van der Waals surface area contributed by atoms with E-state index in [1.807, 2.05) is 22.5 Å². The molecule has 7 nitrogen and oxygen atoms in total. The van der Waals surface area contributed by atoms with E-state index in [1.54, 1.807) is 6.33 Å². The second-order valence-corrected chi connectivity index (χ2v) is 9.72. The highest BCUT2D eigenvalue weighted by molar-refractivity contribution is 7.99. The first-order valence-electron chi connectivity index (χ1n) is 10.3. The van der Waals surface area contributed by atoms with Crippen molar-refractivity contribution in [1.29, 1.82) is 0 Å². The van der Waals surface area contributed by atoms with Crippen LogP contribution in [-0.2, 0) is 23.7 Å². The van der Waals surface area contributed by atoms with Gasteiger partial charge >= 0.3 is 0 Å². The van der Waals surface area contributed by atoms with Gasteiger partial charge in [-0.25, -0.2) is 4.68 Å². The van der Waals surface area contributed by atoms with Crippen LogP contribution in [0.1, 0.15) is 56.5 Å². The molecule has 158 valence electrons. The summed E-state index contributed by atoms with van der Waals surface area (Å²) in [4.78, 5) is 12.5. The number of thioether (sulfide) groups is 1. The number of hydrogen-bond donors (Lipinski definition) is 1. The van der Waals surface area contributed by atoms with Gasteiger partial charge in [-0.2, -0.15) is 5.10 Å². The molecule has 1 atom stereocenters. The predicted octanol–water partition coefficient (Wildman–Crippen LogP) is 3.58. The number of aromatic nitrogens is 5. The second-order valence-electron chi connectivity index (χ2n) is 8.78. The third kappa shape index (κ3) is 4.28. The Kier molecular flexibility index (Phi) is 5.69. The molecule has 0 radical (unpaired) electrons. The molecule has 3 aromatic rings. The monoisotopic (exact) mass is 424 g/mol. The molecule has 8 heteroatoms. The van der Waals surface area contributed by atoms with Gasteiger partial charge in [0, 0.05) is 18.3 Å². The number of hydrogen-bond acceptors (Lipinski definition) is 5. The number of aryl methyl sites for hydroxylation is 1. The minimum absolute atomic E-state index is 0.00290. The molecular weight excluding hydrogens is 396 g/mol. The SMILES string of the molecule is Cn1cnnc1SCC(=O)N[C@@H]1CCCc2c1cnn2-c1ccc(C(C)(C)C)cc1. The first kappa shape index (κ1) is 20.7. The quantitative estimate of drug-likeness (QED) is 0.634. The molecule has 1 aromatic carbocycles. The second kappa shape index (κ2) is 8.26. The number of carbonyl (C=O) groups is 1. The molecule has 0 aliphatic heterocycles. The molecule has 0 saturated carbocycles. The molecule has 1 aliphatic rings. The first-order valence-corrected chi connectivity index (χ1v) is 11.3. The van der Waals surface area contributed by atoms with Crippen molar-refractivity contribution in [2.75, 3.05) is 5.75 Å². The summed E-state index contributed by atoms with van der Waals surface area (Å²) in [5.74, 6) is 0.323. The Morgan fingerprint density at radius 2 is 2.03 bits per heavy atom. The van der Waals surface area contributed by atoms with Crippen LogP contribution in [0.15, 0.2) is 41.9 Å².